The van der Waals surface area contributed by atoms with Gasteiger partial charge < -0.3 is 18.9 Å². The van der Waals surface area contributed by atoms with Crippen molar-refractivity contribution >= 4 is 17.3 Å². The number of carbonyl (C=O) groups is 1. The van der Waals surface area contributed by atoms with Gasteiger partial charge in [-0.1, -0.05) is 0 Å². The van der Waals surface area contributed by atoms with E-state index in [-0.39, 0.29) is 12.2 Å². The summed E-state index contributed by atoms with van der Waals surface area (Å²) in [6.45, 7) is 8.54. The second-order valence-electron chi connectivity index (χ2n) is 8.60. The van der Waals surface area contributed by atoms with Crippen molar-refractivity contribution in [2.24, 2.45) is 14.1 Å². The second-order valence-corrected chi connectivity index (χ2v) is 8.60. The maximum absolute atomic E-state index is 12.3. The van der Waals surface area contributed by atoms with Crippen LogP contribution in [0.25, 0.3) is 22.6 Å². The second kappa shape index (κ2) is 7.26. The molecule has 0 spiro atoms. The first-order valence-electron chi connectivity index (χ1n) is 9.95. The van der Waals surface area contributed by atoms with Gasteiger partial charge in [-0.3, -0.25) is 4.68 Å². The SMILES string of the molecule is Cc1nn(C)cc1-c1nc2c(O[C@H]3CCN(C(=O)OC(C)(C)C)C3)ncnc2n1C. The van der Waals surface area contributed by atoms with Crippen LogP contribution in [0.2, 0.25) is 0 Å². The lowest BCUT2D eigenvalue weighted by Crippen LogP contribution is -2.36. The maximum atomic E-state index is 12.3. The van der Waals surface area contributed by atoms with Crippen LogP contribution in [-0.2, 0) is 18.8 Å². The van der Waals surface area contributed by atoms with Crippen LogP contribution >= 0.6 is 0 Å². The zero-order chi connectivity index (χ0) is 21.6. The van der Waals surface area contributed by atoms with Gasteiger partial charge in [0.25, 0.3) is 0 Å². The number of imidazole rings is 1. The van der Waals surface area contributed by atoms with E-state index in [1.165, 1.54) is 6.33 Å². The van der Waals surface area contributed by atoms with E-state index < -0.39 is 5.60 Å². The molecule has 0 bridgehead atoms. The van der Waals surface area contributed by atoms with Crippen molar-refractivity contribution in [3.63, 3.8) is 0 Å². The van der Waals surface area contributed by atoms with Crippen molar-refractivity contribution in [1.29, 1.82) is 0 Å². The monoisotopic (exact) mass is 413 g/mol. The van der Waals surface area contributed by atoms with E-state index >= 15 is 0 Å². The highest BCUT2D eigenvalue weighted by Gasteiger charge is 2.32. The van der Waals surface area contributed by atoms with Crippen LogP contribution in [0.3, 0.4) is 0 Å². The van der Waals surface area contributed by atoms with Gasteiger partial charge in [-0.15, -0.1) is 0 Å². The minimum Gasteiger partial charge on any atom is -0.471 e. The summed E-state index contributed by atoms with van der Waals surface area (Å²) in [5.74, 6) is 1.17. The lowest BCUT2D eigenvalue weighted by Gasteiger charge is -2.24. The van der Waals surface area contributed by atoms with Gasteiger partial charge in [0.2, 0.25) is 5.88 Å². The molecule has 10 heteroatoms. The maximum Gasteiger partial charge on any atom is 0.410 e. The minimum atomic E-state index is -0.524. The molecule has 0 N–H and O–H groups in total. The molecule has 3 aromatic rings. The molecule has 10 nitrogen and oxygen atoms in total. The predicted molar refractivity (Wildman–Crippen MR) is 110 cm³/mol. The summed E-state index contributed by atoms with van der Waals surface area (Å²) in [5, 5.41) is 4.40. The molecule has 1 fully saturated rings. The van der Waals surface area contributed by atoms with Crippen molar-refractivity contribution in [2.75, 3.05) is 13.1 Å². The van der Waals surface area contributed by atoms with Crippen LogP contribution in [0.1, 0.15) is 32.9 Å². The molecule has 0 aromatic carbocycles. The Bertz CT molecular complexity index is 1100. The molecule has 160 valence electrons. The Morgan fingerprint density at radius 3 is 2.67 bits per heavy atom. The molecule has 3 aromatic heterocycles. The molecule has 0 radical (unpaired) electrons. The number of nitrogens with zero attached hydrogens (tertiary/aromatic N) is 7. The van der Waals surface area contributed by atoms with Crippen molar-refractivity contribution in [3.8, 4) is 17.3 Å². The first-order valence-corrected chi connectivity index (χ1v) is 9.95. The van der Waals surface area contributed by atoms with Gasteiger partial charge in [0.15, 0.2) is 11.2 Å². The van der Waals surface area contributed by atoms with Gasteiger partial charge in [0.05, 0.1) is 17.8 Å². The minimum absolute atomic E-state index is 0.179. The summed E-state index contributed by atoms with van der Waals surface area (Å²) in [4.78, 5) is 27.4. The third kappa shape index (κ3) is 3.81. The van der Waals surface area contributed by atoms with Gasteiger partial charge in [0, 0.05) is 33.3 Å². The lowest BCUT2D eigenvalue weighted by molar-refractivity contribution is 0.0275. The molecule has 0 unspecified atom stereocenters. The van der Waals surface area contributed by atoms with E-state index in [2.05, 4.69) is 15.1 Å². The number of carbonyl (C=O) groups excluding carboxylic acids is 1. The van der Waals surface area contributed by atoms with E-state index in [1.807, 2.05) is 52.6 Å². The Labute approximate surface area is 174 Å². The number of likely N-dealkylation sites (tertiary alicyclic amines) is 1. The van der Waals surface area contributed by atoms with Gasteiger partial charge in [0.1, 0.15) is 23.9 Å². The number of hydrogen-bond donors (Lipinski definition) is 0. The van der Waals surface area contributed by atoms with E-state index in [1.54, 1.807) is 9.58 Å². The Morgan fingerprint density at radius 2 is 2.00 bits per heavy atom. The van der Waals surface area contributed by atoms with Crippen LogP contribution in [-0.4, -0.2) is 65.1 Å². The number of fused-ring (bicyclic) bond motifs is 1. The molecule has 30 heavy (non-hydrogen) atoms. The first-order chi connectivity index (χ1) is 14.1. The largest absolute Gasteiger partial charge is 0.471 e. The summed E-state index contributed by atoms with van der Waals surface area (Å²) < 4.78 is 15.3. The summed E-state index contributed by atoms with van der Waals surface area (Å²) >= 11 is 0. The Balaban J connectivity index is 1.56. The third-order valence-corrected chi connectivity index (χ3v) is 4.95. The molecular formula is C20H27N7O3. The molecule has 1 aliphatic rings. The van der Waals surface area contributed by atoms with Crippen LogP contribution in [0.15, 0.2) is 12.5 Å². The first kappa shape index (κ1) is 20.1. The molecule has 0 aliphatic carbocycles. The number of aryl methyl sites for hydroxylation is 3. The van der Waals surface area contributed by atoms with Gasteiger partial charge >= 0.3 is 6.09 Å². The molecule has 4 rings (SSSR count). The summed E-state index contributed by atoms with van der Waals surface area (Å²) in [6.07, 6.45) is 3.60. The van der Waals surface area contributed by atoms with Gasteiger partial charge in [-0.25, -0.2) is 14.8 Å². The topological polar surface area (TPSA) is 100 Å². The van der Waals surface area contributed by atoms with E-state index in [9.17, 15) is 4.79 Å². The fraction of sp³-hybridized carbons (Fsp3) is 0.550. The summed E-state index contributed by atoms with van der Waals surface area (Å²) in [6, 6.07) is 0. The van der Waals surface area contributed by atoms with E-state index in [0.29, 0.717) is 36.6 Å². The standard InChI is InChI=1S/C20H27N7O3/c1-12-14(10-25(5)24-12)16-23-15-17(26(16)6)21-11-22-18(15)29-13-7-8-27(9-13)19(28)30-20(2,3)4/h10-11,13H,7-9H2,1-6H3/t13-/m0/s1. The van der Waals surface area contributed by atoms with Crippen LogP contribution in [0.4, 0.5) is 4.79 Å². The highest BCUT2D eigenvalue weighted by atomic mass is 16.6. The molecule has 1 amide bonds. The van der Waals surface area contributed by atoms with Gasteiger partial charge in [-0.05, 0) is 27.7 Å². The fourth-order valence-electron chi connectivity index (χ4n) is 3.60. The molecular weight excluding hydrogens is 386 g/mol. The number of hydrogen-bond acceptors (Lipinski definition) is 7. The predicted octanol–water partition coefficient (Wildman–Crippen LogP) is 2.46. The zero-order valence-corrected chi connectivity index (χ0v) is 18.2. The Kier molecular flexibility index (Phi) is 4.87. The number of amides is 1. The van der Waals surface area contributed by atoms with E-state index in [4.69, 9.17) is 14.5 Å². The van der Waals surface area contributed by atoms with Gasteiger partial charge in [-0.2, -0.15) is 10.1 Å². The average molecular weight is 413 g/mol. The quantitative estimate of drug-likeness (QED) is 0.650. The normalized spacial score (nSPS) is 17.0. The highest BCUT2D eigenvalue weighted by Crippen LogP contribution is 2.29. The molecule has 1 saturated heterocycles. The average Bonchev–Trinajstić information content (AvgIpc) is 3.32. The van der Waals surface area contributed by atoms with Crippen molar-refractivity contribution in [3.05, 3.63) is 18.2 Å². The fourth-order valence-corrected chi connectivity index (χ4v) is 3.60. The number of ether oxygens (including phenoxy) is 2. The number of rotatable bonds is 3. The highest BCUT2D eigenvalue weighted by molar-refractivity contribution is 5.81. The molecule has 1 aliphatic heterocycles. The summed E-state index contributed by atoms with van der Waals surface area (Å²) in [7, 11) is 3.79. The Morgan fingerprint density at radius 1 is 1.23 bits per heavy atom. The lowest BCUT2D eigenvalue weighted by atomic mass is 10.2. The zero-order valence-electron chi connectivity index (χ0n) is 18.2. The van der Waals surface area contributed by atoms with Crippen LogP contribution in [0, 0.1) is 6.92 Å². The van der Waals surface area contributed by atoms with Crippen molar-refractivity contribution < 1.29 is 14.3 Å². The van der Waals surface area contributed by atoms with E-state index in [0.717, 1.165) is 17.1 Å². The number of aromatic nitrogens is 6. The smallest absolute Gasteiger partial charge is 0.410 e. The van der Waals surface area contributed by atoms with Crippen molar-refractivity contribution in [1.82, 2.24) is 34.2 Å². The third-order valence-electron chi connectivity index (χ3n) is 4.95. The van der Waals surface area contributed by atoms with Crippen molar-refractivity contribution in [2.45, 2.75) is 45.8 Å². The summed E-state index contributed by atoms with van der Waals surface area (Å²) in [5.41, 5.74) is 2.56. The van der Waals surface area contributed by atoms with Crippen LogP contribution < -0.4 is 4.74 Å². The Hall–Kier alpha value is -3.17. The molecule has 1 atom stereocenters. The molecule has 4 heterocycles. The molecule has 0 saturated carbocycles. The van der Waals surface area contributed by atoms with Crippen LogP contribution in [0.5, 0.6) is 5.88 Å².